The van der Waals surface area contributed by atoms with Crippen LogP contribution < -0.4 is 10.6 Å². The maximum Gasteiger partial charge on any atom is 0.234 e. The topological polar surface area (TPSA) is 63.2 Å². The Morgan fingerprint density at radius 1 is 1.55 bits per heavy atom. The maximum absolute atomic E-state index is 12.6. The molecule has 0 unspecified atom stereocenters. The Morgan fingerprint density at radius 2 is 2.25 bits per heavy atom. The molecule has 0 spiro atoms. The number of rotatable bonds is 5. The fourth-order valence-electron chi connectivity index (χ4n) is 2.46. The quantitative estimate of drug-likeness (QED) is 0.875. The minimum absolute atomic E-state index is 0.0329. The fourth-order valence-corrected chi connectivity index (χ4v) is 3.32. The summed E-state index contributed by atoms with van der Waals surface area (Å²) < 4.78 is 5.28. The van der Waals surface area contributed by atoms with Crippen LogP contribution in [-0.2, 0) is 9.53 Å². The summed E-state index contributed by atoms with van der Waals surface area (Å²) in [4.78, 5) is 17.1. The highest BCUT2D eigenvalue weighted by Crippen LogP contribution is 2.31. The molecule has 2 N–H and O–H groups in total. The molecule has 1 aliphatic heterocycles. The number of hydrogen-bond acceptors (Lipinski definition) is 5. The van der Waals surface area contributed by atoms with Crippen LogP contribution in [0.5, 0.6) is 0 Å². The summed E-state index contributed by atoms with van der Waals surface area (Å²) >= 11 is 1.49. The van der Waals surface area contributed by atoms with Crippen LogP contribution in [0.2, 0.25) is 0 Å². The molecule has 0 aliphatic carbocycles. The lowest BCUT2D eigenvalue weighted by atomic mass is 9.79. The van der Waals surface area contributed by atoms with Gasteiger partial charge in [-0.05, 0) is 31.8 Å². The first kappa shape index (κ1) is 15.4. The number of carbonyl (C=O) groups is 1. The van der Waals surface area contributed by atoms with Crippen LogP contribution in [0.15, 0.2) is 5.38 Å². The van der Waals surface area contributed by atoms with Gasteiger partial charge >= 0.3 is 0 Å². The molecule has 1 aromatic rings. The van der Waals surface area contributed by atoms with E-state index in [1.54, 1.807) is 7.11 Å². The smallest absolute Gasteiger partial charge is 0.234 e. The lowest BCUT2D eigenvalue weighted by Crippen LogP contribution is -2.47. The van der Waals surface area contributed by atoms with E-state index in [1.807, 2.05) is 5.38 Å². The predicted molar refractivity (Wildman–Crippen MR) is 81.2 cm³/mol. The van der Waals surface area contributed by atoms with Gasteiger partial charge in [0, 0.05) is 12.5 Å². The van der Waals surface area contributed by atoms with Crippen molar-refractivity contribution in [1.82, 2.24) is 10.3 Å². The van der Waals surface area contributed by atoms with Crippen LogP contribution in [0.25, 0.3) is 0 Å². The van der Waals surface area contributed by atoms with Gasteiger partial charge in [0.25, 0.3) is 0 Å². The molecule has 0 radical (unpaired) electrons. The zero-order valence-electron chi connectivity index (χ0n) is 12.4. The van der Waals surface area contributed by atoms with Crippen molar-refractivity contribution < 1.29 is 9.53 Å². The number of carbonyl (C=O) groups excluding carboxylic acids is 1. The monoisotopic (exact) mass is 297 g/mol. The molecule has 1 saturated heterocycles. The van der Waals surface area contributed by atoms with Crippen molar-refractivity contribution in [2.24, 2.45) is 5.41 Å². The van der Waals surface area contributed by atoms with Crippen molar-refractivity contribution in [3.8, 4) is 0 Å². The largest absolute Gasteiger partial charge is 0.384 e. The number of thiazole rings is 1. The SMILES string of the molecule is COCC1(C(=O)Nc2nc(C(C)C)cs2)CCNCC1. The molecule has 1 aromatic heterocycles. The molecule has 0 aromatic carbocycles. The maximum atomic E-state index is 12.6. The van der Waals surface area contributed by atoms with Crippen molar-refractivity contribution in [1.29, 1.82) is 0 Å². The van der Waals surface area contributed by atoms with Crippen molar-refractivity contribution in [3.05, 3.63) is 11.1 Å². The molecule has 0 bridgehead atoms. The highest BCUT2D eigenvalue weighted by molar-refractivity contribution is 7.13. The summed E-state index contributed by atoms with van der Waals surface area (Å²) in [5, 5.41) is 8.95. The molecule has 2 rings (SSSR count). The number of methoxy groups -OCH3 is 1. The fraction of sp³-hybridized carbons (Fsp3) is 0.714. The summed E-state index contributed by atoms with van der Waals surface area (Å²) in [6.07, 6.45) is 1.60. The first-order chi connectivity index (χ1) is 9.57. The third kappa shape index (κ3) is 3.37. The van der Waals surface area contributed by atoms with Crippen LogP contribution in [-0.4, -0.2) is 37.7 Å². The molecule has 1 fully saturated rings. The molecule has 2 heterocycles. The van der Waals surface area contributed by atoms with Crippen molar-refractivity contribution >= 4 is 22.4 Å². The third-order valence-corrected chi connectivity index (χ3v) is 4.57. The van der Waals surface area contributed by atoms with Crippen molar-refractivity contribution in [2.45, 2.75) is 32.6 Å². The minimum atomic E-state index is -0.427. The first-order valence-electron chi connectivity index (χ1n) is 7.04. The number of piperidine rings is 1. The van der Waals surface area contributed by atoms with Gasteiger partial charge in [-0.1, -0.05) is 13.8 Å². The number of hydrogen-bond donors (Lipinski definition) is 2. The van der Waals surface area contributed by atoms with Gasteiger partial charge in [-0.2, -0.15) is 0 Å². The van der Waals surface area contributed by atoms with E-state index in [-0.39, 0.29) is 5.91 Å². The van der Waals surface area contributed by atoms with Crippen LogP contribution in [0, 0.1) is 5.41 Å². The molecule has 1 aliphatic rings. The molecule has 6 heteroatoms. The second kappa shape index (κ2) is 6.65. The zero-order chi connectivity index (χ0) is 14.6. The molecule has 0 saturated carbocycles. The first-order valence-corrected chi connectivity index (χ1v) is 7.92. The normalized spacial score (nSPS) is 18.2. The molecule has 112 valence electrons. The third-order valence-electron chi connectivity index (χ3n) is 3.80. The van der Waals surface area contributed by atoms with Gasteiger partial charge in [-0.3, -0.25) is 4.79 Å². The number of amides is 1. The number of nitrogens with zero attached hydrogens (tertiary/aromatic N) is 1. The zero-order valence-corrected chi connectivity index (χ0v) is 13.2. The van der Waals surface area contributed by atoms with E-state index in [1.165, 1.54) is 11.3 Å². The van der Waals surface area contributed by atoms with Gasteiger partial charge in [0.1, 0.15) is 0 Å². The van der Waals surface area contributed by atoms with E-state index < -0.39 is 5.41 Å². The number of aromatic nitrogens is 1. The average Bonchev–Trinajstić information content (AvgIpc) is 2.89. The van der Waals surface area contributed by atoms with Crippen LogP contribution >= 0.6 is 11.3 Å². The Bertz CT molecular complexity index is 448. The standard InChI is InChI=1S/C14H23N3O2S/c1-10(2)11-8-20-13(16-11)17-12(18)14(9-19-3)4-6-15-7-5-14/h8,10,15H,4-7,9H2,1-3H3,(H,16,17,18). The van der Waals surface area contributed by atoms with Gasteiger partial charge in [-0.15, -0.1) is 11.3 Å². The van der Waals surface area contributed by atoms with E-state index in [0.29, 0.717) is 17.7 Å². The lowest BCUT2D eigenvalue weighted by Gasteiger charge is -2.35. The molecular weight excluding hydrogens is 274 g/mol. The van der Waals surface area contributed by atoms with E-state index in [9.17, 15) is 4.79 Å². The van der Waals surface area contributed by atoms with Crippen molar-refractivity contribution in [2.75, 3.05) is 32.1 Å². The van der Waals surface area contributed by atoms with Gasteiger partial charge < -0.3 is 15.4 Å². The van der Waals surface area contributed by atoms with E-state index in [0.717, 1.165) is 31.6 Å². The molecule has 1 amide bonds. The van der Waals surface area contributed by atoms with Gasteiger partial charge in [-0.25, -0.2) is 4.98 Å². The predicted octanol–water partition coefficient (Wildman–Crippen LogP) is 2.22. The summed E-state index contributed by atoms with van der Waals surface area (Å²) in [7, 11) is 1.65. The van der Waals surface area contributed by atoms with E-state index in [4.69, 9.17) is 4.74 Å². The lowest BCUT2D eigenvalue weighted by molar-refractivity contribution is -0.130. The Morgan fingerprint density at radius 3 is 2.80 bits per heavy atom. The Labute approximate surface area is 124 Å². The average molecular weight is 297 g/mol. The summed E-state index contributed by atoms with van der Waals surface area (Å²) in [5.74, 6) is 0.411. The summed E-state index contributed by atoms with van der Waals surface area (Å²) in [6.45, 7) is 6.36. The summed E-state index contributed by atoms with van der Waals surface area (Å²) in [6, 6.07) is 0. The van der Waals surface area contributed by atoms with Crippen LogP contribution in [0.1, 0.15) is 38.3 Å². The second-order valence-electron chi connectivity index (χ2n) is 5.65. The second-order valence-corrected chi connectivity index (χ2v) is 6.51. The molecular formula is C14H23N3O2S. The van der Waals surface area contributed by atoms with Gasteiger partial charge in [0.05, 0.1) is 17.7 Å². The summed E-state index contributed by atoms with van der Waals surface area (Å²) in [5.41, 5.74) is 0.598. The highest BCUT2D eigenvalue weighted by Gasteiger charge is 2.40. The Balaban J connectivity index is 2.07. The molecule has 20 heavy (non-hydrogen) atoms. The van der Waals surface area contributed by atoms with Crippen molar-refractivity contribution in [3.63, 3.8) is 0 Å². The molecule has 5 nitrogen and oxygen atoms in total. The van der Waals surface area contributed by atoms with Crippen LogP contribution in [0.3, 0.4) is 0 Å². The van der Waals surface area contributed by atoms with Crippen LogP contribution in [0.4, 0.5) is 5.13 Å². The van der Waals surface area contributed by atoms with Gasteiger partial charge in [0.2, 0.25) is 5.91 Å². The Hall–Kier alpha value is -0.980. The number of ether oxygens (including phenoxy) is 1. The number of nitrogens with one attached hydrogen (secondary N) is 2. The minimum Gasteiger partial charge on any atom is -0.384 e. The molecule has 0 atom stereocenters. The Kier molecular flexibility index (Phi) is 5.12. The highest BCUT2D eigenvalue weighted by atomic mass is 32.1. The van der Waals surface area contributed by atoms with E-state index in [2.05, 4.69) is 29.5 Å². The number of anilines is 1. The van der Waals surface area contributed by atoms with Gasteiger partial charge in [0.15, 0.2) is 5.13 Å². The van der Waals surface area contributed by atoms with E-state index >= 15 is 0 Å².